The Labute approximate surface area is 103 Å². The first-order valence-electron chi connectivity index (χ1n) is 7.07. The third kappa shape index (κ3) is 11.7. The maximum atomic E-state index is 9.81. The normalized spacial score (nSPS) is 15.7. The minimum absolute atomic E-state index is 0.255. The standard InChI is InChI=1S/C9H18.C4H8O.C2H6/c1-8(2)9-6-4-3-5-7-9;1-3-4(2)5;1-2/h8-9H,3-7H2,1-2H3;3H2,1-2H3;1-2H3. The van der Waals surface area contributed by atoms with Crippen LogP contribution >= 0.6 is 0 Å². The van der Waals surface area contributed by atoms with Crippen LogP contribution in [-0.4, -0.2) is 5.78 Å². The summed E-state index contributed by atoms with van der Waals surface area (Å²) in [5.41, 5.74) is 0. The summed E-state index contributed by atoms with van der Waals surface area (Å²) in [5, 5.41) is 0. The van der Waals surface area contributed by atoms with Crippen molar-refractivity contribution in [3.8, 4) is 0 Å². The van der Waals surface area contributed by atoms with Gasteiger partial charge in [-0.1, -0.05) is 66.7 Å². The van der Waals surface area contributed by atoms with Gasteiger partial charge in [0.15, 0.2) is 0 Å². The van der Waals surface area contributed by atoms with Crippen molar-refractivity contribution >= 4 is 5.78 Å². The number of Topliss-reactive ketones (excluding diaryl/α,β-unsaturated/α-hetero) is 1. The second-order valence-electron chi connectivity index (χ2n) is 4.70. The molecule has 0 radical (unpaired) electrons. The van der Waals surface area contributed by atoms with Gasteiger partial charge in [0, 0.05) is 6.42 Å². The Kier molecular flexibility index (Phi) is 14.4. The summed E-state index contributed by atoms with van der Waals surface area (Å²) in [7, 11) is 0. The summed E-state index contributed by atoms with van der Waals surface area (Å²) in [6.07, 6.45) is 8.13. The molecule has 1 rings (SSSR count). The lowest BCUT2D eigenvalue weighted by Crippen LogP contribution is -2.12. The van der Waals surface area contributed by atoms with Crippen LogP contribution in [0.2, 0.25) is 0 Å². The molecule has 0 amide bonds. The fraction of sp³-hybridized carbons (Fsp3) is 0.933. The summed E-state index contributed by atoms with van der Waals surface area (Å²) < 4.78 is 0. The van der Waals surface area contributed by atoms with Crippen molar-refractivity contribution < 1.29 is 4.79 Å². The van der Waals surface area contributed by atoms with E-state index in [0.29, 0.717) is 6.42 Å². The first-order chi connectivity index (χ1) is 7.57. The molecule has 0 spiro atoms. The highest BCUT2D eigenvalue weighted by Crippen LogP contribution is 2.29. The van der Waals surface area contributed by atoms with E-state index in [0.717, 1.165) is 11.8 Å². The number of carbonyl (C=O) groups is 1. The van der Waals surface area contributed by atoms with Crippen LogP contribution in [0.15, 0.2) is 0 Å². The highest BCUT2D eigenvalue weighted by atomic mass is 16.1. The first-order valence-corrected chi connectivity index (χ1v) is 7.07. The van der Waals surface area contributed by atoms with E-state index in [1.165, 1.54) is 32.1 Å². The van der Waals surface area contributed by atoms with Crippen LogP contribution in [-0.2, 0) is 4.79 Å². The van der Waals surface area contributed by atoms with Gasteiger partial charge in [-0.25, -0.2) is 0 Å². The Morgan fingerprint density at radius 3 is 1.69 bits per heavy atom. The molecule has 0 unspecified atom stereocenters. The highest BCUT2D eigenvalue weighted by Gasteiger charge is 2.15. The summed E-state index contributed by atoms with van der Waals surface area (Å²) >= 11 is 0. The minimum Gasteiger partial charge on any atom is -0.300 e. The second-order valence-corrected chi connectivity index (χ2v) is 4.70. The van der Waals surface area contributed by atoms with Crippen molar-refractivity contribution in [1.82, 2.24) is 0 Å². The Hall–Kier alpha value is -0.330. The SMILES string of the molecule is CC.CC(C)C1CCCCC1.CCC(C)=O. The molecule has 0 saturated heterocycles. The van der Waals surface area contributed by atoms with Gasteiger partial charge < -0.3 is 4.79 Å². The molecule has 1 fully saturated rings. The van der Waals surface area contributed by atoms with Gasteiger partial charge in [0.05, 0.1) is 0 Å². The molecule has 0 atom stereocenters. The first kappa shape index (κ1) is 18.0. The van der Waals surface area contributed by atoms with E-state index in [2.05, 4.69) is 13.8 Å². The van der Waals surface area contributed by atoms with Crippen LogP contribution in [0.1, 0.15) is 80.1 Å². The Balaban J connectivity index is 0. The molecule has 1 saturated carbocycles. The molecule has 16 heavy (non-hydrogen) atoms. The minimum atomic E-state index is 0.255. The number of carbonyl (C=O) groups excluding carboxylic acids is 1. The quantitative estimate of drug-likeness (QED) is 0.632. The molecule has 1 heteroatoms. The zero-order valence-corrected chi connectivity index (χ0v) is 12.3. The Morgan fingerprint density at radius 2 is 1.50 bits per heavy atom. The molecule has 1 aliphatic rings. The van der Waals surface area contributed by atoms with Gasteiger partial charge in [-0.3, -0.25) is 0 Å². The summed E-state index contributed by atoms with van der Waals surface area (Å²) in [6, 6.07) is 0. The van der Waals surface area contributed by atoms with E-state index >= 15 is 0 Å². The van der Waals surface area contributed by atoms with Crippen LogP contribution < -0.4 is 0 Å². The zero-order valence-electron chi connectivity index (χ0n) is 12.3. The second kappa shape index (κ2) is 12.7. The van der Waals surface area contributed by atoms with E-state index in [1.54, 1.807) is 6.92 Å². The van der Waals surface area contributed by atoms with E-state index in [-0.39, 0.29) is 5.78 Å². The van der Waals surface area contributed by atoms with Crippen LogP contribution in [0.3, 0.4) is 0 Å². The topological polar surface area (TPSA) is 17.1 Å². The molecule has 0 aromatic rings. The van der Waals surface area contributed by atoms with Crippen molar-refractivity contribution in [3.05, 3.63) is 0 Å². The predicted molar refractivity (Wildman–Crippen MR) is 73.7 cm³/mol. The lowest BCUT2D eigenvalue weighted by Gasteiger charge is -2.24. The fourth-order valence-electron chi connectivity index (χ4n) is 1.80. The highest BCUT2D eigenvalue weighted by molar-refractivity contribution is 5.74. The molecule has 0 aliphatic heterocycles. The summed E-state index contributed by atoms with van der Waals surface area (Å²) in [6.45, 7) is 12.1. The van der Waals surface area contributed by atoms with E-state index in [1.807, 2.05) is 20.8 Å². The molecule has 0 aromatic carbocycles. The smallest absolute Gasteiger partial charge is 0.129 e. The number of rotatable bonds is 2. The Bertz CT molecular complexity index is 144. The molecular formula is C15H32O. The zero-order chi connectivity index (χ0) is 13.0. The summed E-state index contributed by atoms with van der Waals surface area (Å²) in [5.74, 6) is 2.24. The average Bonchev–Trinajstić information content (AvgIpc) is 2.33. The maximum Gasteiger partial charge on any atom is 0.129 e. The van der Waals surface area contributed by atoms with Gasteiger partial charge in [-0.15, -0.1) is 0 Å². The van der Waals surface area contributed by atoms with Gasteiger partial charge in [0.2, 0.25) is 0 Å². The molecule has 0 heterocycles. The van der Waals surface area contributed by atoms with Gasteiger partial charge >= 0.3 is 0 Å². The molecule has 1 nitrogen and oxygen atoms in total. The van der Waals surface area contributed by atoms with E-state index in [9.17, 15) is 4.79 Å². The summed E-state index contributed by atoms with van der Waals surface area (Å²) in [4.78, 5) is 9.81. The molecule has 1 aliphatic carbocycles. The average molecular weight is 228 g/mol. The fourth-order valence-corrected chi connectivity index (χ4v) is 1.80. The molecule has 0 bridgehead atoms. The van der Waals surface area contributed by atoms with Crippen LogP contribution in [0.5, 0.6) is 0 Å². The number of hydrogen-bond donors (Lipinski definition) is 0. The van der Waals surface area contributed by atoms with Crippen molar-refractivity contribution in [2.75, 3.05) is 0 Å². The third-order valence-corrected chi connectivity index (χ3v) is 3.09. The lowest BCUT2D eigenvalue weighted by atomic mass is 9.82. The van der Waals surface area contributed by atoms with Gasteiger partial charge in [-0.05, 0) is 18.8 Å². The van der Waals surface area contributed by atoms with Gasteiger partial charge in [-0.2, -0.15) is 0 Å². The molecule has 98 valence electrons. The van der Waals surface area contributed by atoms with E-state index < -0.39 is 0 Å². The molecule has 0 aromatic heterocycles. The third-order valence-electron chi connectivity index (χ3n) is 3.09. The monoisotopic (exact) mass is 228 g/mol. The van der Waals surface area contributed by atoms with Crippen molar-refractivity contribution in [2.45, 2.75) is 80.1 Å². The van der Waals surface area contributed by atoms with Crippen molar-refractivity contribution in [1.29, 1.82) is 0 Å². The van der Waals surface area contributed by atoms with Gasteiger partial charge in [0.1, 0.15) is 5.78 Å². The maximum absolute atomic E-state index is 9.81. The van der Waals surface area contributed by atoms with Crippen LogP contribution in [0.4, 0.5) is 0 Å². The molecular weight excluding hydrogens is 196 g/mol. The predicted octanol–water partition coefficient (Wildman–Crippen LogP) is 5.23. The van der Waals surface area contributed by atoms with Crippen LogP contribution in [0, 0.1) is 11.8 Å². The van der Waals surface area contributed by atoms with Crippen LogP contribution in [0.25, 0.3) is 0 Å². The number of hydrogen-bond acceptors (Lipinski definition) is 1. The van der Waals surface area contributed by atoms with E-state index in [4.69, 9.17) is 0 Å². The van der Waals surface area contributed by atoms with Crippen molar-refractivity contribution in [2.24, 2.45) is 11.8 Å². The van der Waals surface area contributed by atoms with Gasteiger partial charge in [0.25, 0.3) is 0 Å². The number of ketones is 1. The lowest BCUT2D eigenvalue weighted by molar-refractivity contribution is -0.116. The molecule has 0 N–H and O–H groups in total. The largest absolute Gasteiger partial charge is 0.300 e. The van der Waals surface area contributed by atoms with Crippen molar-refractivity contribution in [3.63, 3.8) is 0 Å². The Morgan fingerprint density at radius 1 is 1.12 bits per heavy atom.